The third-order valence-electron chi connectivity index (χ3n) is 3.84. The van der Waals surface area contributed by atoms with Crippen LogP contribution in [0.2, 0.25) is 0 Å². The van der Waals surface area contributed by atoms with Crippen molar-refractivity contribution in [2.24, 2.45) is 11.3 Å². The summed E-state index contributed by atoms with van der Waals surface area (Å²) in [4.78, 5) is 2.41. The Bertz CT molecular complexity index is 262. The van der Waals surface area contributed by atoms with E-state index in [1.54, 1.807) is 0 Å². The molecular weight excluding hydrogens is 200 g/mol. The molecule has 90 valence electrons. The molecule has 2 rings (SSSR count). The summed E-state index contributed by atoms with van der Waals surface area (Å²) in [5, 5.41) is 8.79. The summed E-state index contributed by atoms with van der Waals surface area (Å²) in [6.45, 7) is 4.10. The van der Waals surface area contributed by atoms with E-state index in [-0.39, 0.29) is 0 Å². The molecule has 0 aromatic rings. The fourth-order valence-electron chi connectivity index (χ4n) is 2.76. The minimum Gasteiger partial charge on any atom is -0.381 e. The molecule has 1 saturated carbocycles. The Morgan fingerprint density at radius 1 is 1.50 bits per heavy atom. The molecule has 1 unspecified atom stereocenters. The summed E-state index contributed by atoms with van der Waals surface area (Å²) < 4.78 is 5.50. The van der Waals surface area contributed by atoms with Gasteiger partial charge in [0.2, 0.25) is 0 Å². The second-order valence-electron chi connectivity index (χ2n) is 5.61. The highest BCUT2D eigenvalue weighted by Crippen LogP contribution is 2.49. The van der Waals surface area contributed by atoms with E-state index in [2.05, 4.69) is 18.0 Å². The second kappa shape index (κ2) is 5.16. The van der Waals surface area contributed by atoms with Crippen LogP contribution in [0, 0.1) is 22.7 Å². The Kier molecular flexibility index (Phi) is 3.83. The standard InChI is InChI=1S/C13H22N2O/c1-15(9-12-3-2-8-16-10-12)11-13(4-5-13)6-7-14/h12H,2-6,8-11H2,1H3. The van der Waals surface area contributed by atoms with Crippen molar-refractivity contribution in [2.75, 3.05) is 33.4 Å². The molecule has 1 heterocycles. The van der Waals surface area contributed by atoms with Gasteiger partial charge in [-0.2, -0.15) is 5.26 Å². The second-order valence-corrected chi connectivity index (χ2v) is 5.61. The van der Waals surface area contributed by atoms with Gasteiger partial charge < -0.3 is 9.64 Å². The first-order valence-corrected chi connectivity index (χ1v) is 6.37. The predicted molar refractivity (Wildman–Crippen MR) is 62.9 cm³/mol. The van der Waals surface area contributed by atoms with E-state index < -0.39 is 0 Å². The van der Waals surface area contributed by atoms with Crippen molar-refractivity contribution in [3.63, 3.8) is 0 Å². The minimum atomic E-state index is 0.346. The highest BCUT2D eigenvalue weighted by Gasteiger charge is 2.43. The maximum atomic E-state index is 8.79. The molecule has 1 aliphatic carbocycles. The molecule has 0 aromatic heterocycles. The topological polar surface area (TPSA) is 36.3 Å². The van der Waals surface area contributed by atoms with Crippen molar-refractivity contribution in [1.29, 1.82) is 5.26 Å². The molecule has 0 radical (unpaired) electrons. The van der Waals surface area contributed by atoms with E-state index in [4.69, 9.17) is 10.00 Å². The third-order valence-corrected chi connectivity index (χ3v) is 3.84. The number of rotatable bonds is 5. The number of nitriles is 1. The van der Waals surface area contributed by atoms with Gasteiger partial charge in [0.05, 0.1) is 12.7 Å². The lowest BCUT2D eigenvalue weighted by atomic mass is 9.99. The Morgan fingerprint density at radius 3 is 2.88 bits per heavy atom. The quantitative estimate of drug-likeness (QED) is 0.714. The summed E-state index contributed by atoms with van der Waals surface area (Å²) in [5.74, 6) is 0.705. The van der Waals surface area contributed by atoms with Gasteiger partial charge >= 0.3 is 0 Å². The van der Waals surface area contributed by atoms with Crippen molar-refractivity contribution in [2.45, 2.75) is 32.1 Å². The summed E-state index contributed by atoms with van der Waals surface area (Å²) in [7, 11) is 2.19. The molecule has 2 fully saturated rings. The molecule has 16 heavy (non-hydrogen) atoms. The first-order valence-electron chi connectivity index (χ1n) is 6.37. The molecule has 1 saturated heterocycles. The number of hydrogen-bond acceptors (Lipinski definition) is 3. The molecular formula is C13H22N2O. The largest absolute Gasteiger partial charge is 0.381 e. The summed E-state index contributed by atoms with van der Waals surface area (Å²) in [6.07, 6.45) is 5.73. The van der Waals surface area contributed by atoms with Crippen LogP contribution in [0.5, 0.6) is 0 Å². The first kappa shape index (κ1) is 11.9. The van der Waals surface area contributed by atoms with Crippen molar-refractivity contribution in [3.8, 4) is 6.07 Å². The molecule has 3 heteroatoms. The van der Waals surface area contributed by atoms with Gasteiger partial charge in [-0.3, -0.25) is 0 Å². The Hall–Kier alpha value is -0.590. The smallest absolute Gasteiger partial charge is 0.0628 e. The Morgan fingerprint density at radius 2 is 2.31 bits per heavy atom. The van der Waals surface area contributed by atoms with Crippen LogP contribution in [-0.2, 0) is 4.74 Å². The van der Waals surface area contributed by atoms with Gasteiger partial charge in [-0.25, -0.2) is 0 Å². The summed E-state index contributed by atoms with van der Waals surface area (Å²) in [6, 6.07) is 2.33. The van der Waals surface area contributed by atoms with E-state index >= 15 is 0 Å². The minimum absolute atomic E-state index is 0.346. The first-order chi connectivity index (χ1) is 7.74. The highest BCUT2D eigenvalue weighted by atomic mass is 16.5. The summed E-state index contributed by atoms with van der Waals surface area (Å²) in [5.41, 5.74) is 0.346. The lowest BCUT2D eigenvalue weighted by Crippen LogP contribution is -2.34. The highest BCUT2D eigenvalue weighted by molar-refractivity contribution is 5.00. The molecule has 0 N–H and O–H groups in total. The normalized spacial score (nSPS) is 27.7. The molecule has 0 spiro atoms. The lowest BCUT2D eigenvalue weighted by Gasteiger charge is -2.29. The van der Waals surface area contributed by atoms with E-state index in [1.165, 1.54) is 25.7 Å². The van der Waals surface area contributed by atoms with Crippen LogP contribution in [0.25, 0.3) is 0 Å². The van der Waals surface area contributed by atoms with Crippen LogP contribution in [0.3, 0.4) is 0 Å². The van der Waals surface area contributed by atoms with Gasteiger partial charge in [0.25, 0.3) is 0 Å². The van der Waals surface area contributed by atoms with Crippen molar-refractivity contribution in [3.05, 3.63) is 0 Å². The van der Waals surface area contributed by atoms with Crippen molar-refractivity contribution >= 4 is 0 Å². The van der Waals surface area contributed by atoms with Gasteiger partial charge in [0.15, 0.2) is 0 Å². The van der Waals surface area contributed by atoms with Crippen molar-refractivity contribution < 1.29 is 4.74 Å². The Balaban J connectivity index is 1.71. The molecule has 1 atom stereocenters. The molecule has 0 aromatic carbocycles. The van der Waals surface area contributed by atoms with E-state index in [9.17, 15) is 0 Å². The fourth-order valence-corrected chi connectivity index (χ4v) is 2.76. The predicted octanol–water partition coefficient (Wildman–Crippen LogP) is 2.04. The fraction of sp³-hybridized carbons (Fsp3) is 0.923. The third kappa shape index (κ3) is 3.20. The van der Waals surface area contributed by atoms with Gasteiger partial charge in [0, 0.05) is 26.1 Å². The van der Waals surface area contributed by atoms with Crippen LogP contribution < -0.4 is 0 Å². The van der Waals surface area contributed by atoms with E-state index in [0.717, 1.165) is 32.7 Å². The van der Waals surface area contributed by atoms with Gasteiger partial charge in [-0.05, 0) is 44.1 Å². The zero-order valence-corrected chi connectivity index (χ0v) is 10.2. The maximum Gasteiger partial charge on any atom is 0.0628 e. The van der Waals surface area contributed by atoms with E-state index in [0.29, 0.717) is 11.3 Å². The molecule has 3 nitrogen and oxygen atoms in total. The number of nitrogens with zero attached hydrogens (tertiary/aromatic N) is 2. The molecule has 1 aliphatic heterocycles. The lowest BCUT2D eigenvalue weighted by molar-refractivity contribution is 0.0396. The number of hydrogen-bond donors (Lipinski definition) is 0. The monoisotopic (exact) mass is 222 g/mol. The van der Waals surface area contributed by atoms with Crippen molar-refractivity contribution in [1.82, 2.24) is 4.90 Å². The van der Waals surface area contributed by atoms with Crippen LogP contribution in [0.1, 0.15) is 32.1 Å². The number of ether oxygens (including phenoxy) is 1. The van der Waals surface area contributed by atoms with Gasteiger partial charge in [0.1, 0.15) is 0 Å². The SMILES string of the molecule is CN(CC1CCCOC1)CC1(CC#N)CC1. The van der Waals surface area contributed by atoms with Crippen LogP contribution in [-0.4, -0.2) is 38.3 Å². The Labute approximate surface area is 98.4 Å². The van der Waals surface area contributed by atoms with E-state index in [1.807, 2.05) is 0 Å². The van der Waals surface area contributed by atoms with Crippen LogP contribution in [0.4, 0.5) is 0 Å². The maximum absolute atomic E-state index is 8.79. The van der Waals surface area contributed by atoms with Gasteiger partial charge in [-0.15, -0.1) is 0 Å². The molecule has 0 amide bonds. The zero-order valence-electron chi connectivity index (χ0n) is 10.2. The molecule has 0 bridgehead atoms. The average molecular weight is 222 g/mol. The average Bonchev–Trinajstić information content (AvgIpc) is 2.99. The summed E-state index contributed by atoms with van der Waals surface area (Å²) >= 11 is 0. The zero-order chi connectivity index (χ0) is 11.4. The molecule has 2 aliphatic rings. The van der Waals surface area contributed by atoms with Gasteiger partial charge in [-0.1, -0.05) is 0 Å². The van der Waals surface area contributed by atoms with Crippen LogP contribution in [0.15, 0.2) is 0 Å². The van der Waals surface area contributed by atoms with Crippen LogP contribution >= 0.6 is 0 Å².